The Morgan fingerprint density at radius 3 is 2.64 bits per heavy atom. The van der Waals surface area contributed by atoms with Gasteiger partial charge in [-0.1, -0.05) is 18.2 Å². The van der Waals surface area contributed by atoms with E-state index in [1.54, 1.807) is 0 Å². The zero-order valence-electron chi connectivity index (χ0n) is 8.11. The topological polar surface area (TPSA) is 33.6 Å². The Morgan fingerprint density at radius 2 is 2.07 bits per heavy atom. The maximum Gasteiger partial charge on any atom is 0.155 e. The van der Waals surface area contributed by atoms with Gasteiger partial charge in [0.05, 0.1) is 0 Å². The molecule has 1 N–H and O–H groups in total. The Hall–Kier alpha value is -0.0600. The molecule has 2 atom stereocenters. The number of nitrogens with one attached hydrogen (secondary N) is 1. The summed E-state index contributed by atoms with van der Waals surface area (Å²) in [5.74, 6) is 0.970. The van der Waals surface area contributed by atoms with Crippen LogP contribution in [0.3, 0.4) is 0 Å². The summed E-state index contributed by atoms with van der Waals surface area (Å²) in [6, 6.07) is 6.12. The van der Waals surface area contributed by atoms with E-state index in [0.29, 0.717) is 0 Å². The van der Waals surface area contributed by atoms with Crippen LogP contribution in [-0.2, 0) is 0 Å². The van der Waals surface area contributed by atoms with Crippen LogP contribution in [0.4, 0.5) is 0 Å². The van der Waals surface area contributed by atoms with Gasteiger partial charge in [-0.05, 0) is 34.4 Å². The van der Waals surface area contributed by atoms with Crippen LogP contribution in [0.1, 0.15) is 11.1 Å². The molecular formula is C8H13N2OP3. The van der Waals surface area contributed by atoms with E-state index < -0.39 is 0 Å². The molecule has 0 saturated heterocycles. The second kappa shape index (κ2) is 6.43. The number of aryl methyl sites for hydroxylation is 2. The van der Waals surface area contributed by atoms with Gasteiger partial charge in [0.25, 0.3) is 0 Å². The highest BCUT2D eigenvalue weighted by Crippen LogP contribution is 2.27. The van der Waals surface area contributed by atoms with E-state index in [1.165, 1.54) is 11.1 Å². The van der Waals surface area contributed by atoms with Gasteiger partial charge in [-0.15, -0.1) is 0 Å². The first-order valence-electron chi connectivity index (χ1n) is 4.08. The van der Waals surface area contributed by atoms with E-state index in [2.05, 4.69) is 18.8 Å². The SMILES string of the molecule is Cc1cccc(C)c1OPNP=NP. The fourth-order valence-electron chi connectivity index (χ4n) is 1.08. The van der Waals surface area contributed by atoms with Crippen molar-refractivity contribution in [3.63, 3.8) is 0 Å². The molecule has 0 fully saturated rings. The normalized spacial score (nSPS) is 11.6. The summed E-state index contributed by atoms with van der Waals surface area (Å²) < 4.78 is 9.43. The van der Waals surface area contributed by atoms with Crippen molar-refractivity contribution >= 4 is 26.9 Å². The minimum Gasteiger partial charge on any atom is -0.460 e. The molecule has 14 heavy (non-hydrogen) atoms. The van der Waals surface area contributed by atoms with Gasteiger partial charge in [0.2, 0.25) is 0 Å². The first-order valence-corrected chi connectivity index (χ1v) is 6.36. The summed E-state index contributed by atoms with van der Waals surface area (Å²) in [6.45, 7) is 4.09. The van der Waals surface area contributed by atoms with E-state index >= 15 is 0 Å². The van der Waals surface area contributed by atoms with Crippen LogP contribution in [0.2, 0.25) is 0 Å². The zero-order chi connectivity index (χ0) is 10.4. The average molecular weight is 246 g/mol. The standard InChI is InChI=1S/C8H13N2OP3/c1-6-4-3-5-7(2)8(6)11-14-10-13-9-12/h3-5,14H,12H2,1-2H3,(H,9,10). The molecule has 76 valence electrons. The van der Waals surface area contributed by atoms with Crippen LogP contribution in [0.25, 0.3) is 0 Å². The first-order chi connectivity index (χ1) is 6.75. The second-order valence-electron chi connectivity index (χ2n) is 2.75. The molecule has 1 aromatic rings. The molecule has 3 nitrogen and oxygen atoms in total. The van der Waals surface area contributed by atoms with Crippen molar-refractivity contribution in [2.24, 2.45) is 4.52 Å². The molecule has 0 bridgehead atoms. The van der Waals surface area contributed by atoms with Gasteiger partial charge in [0.1, 0.15) is 14.3 Å². The Bertz CT molecular complexity index is 310. The van der Waals surface area contributed by atoms with Gasteiger partial charge < -0.3 is 4.52 Å². The minimum atomic E-state index is 0.240. The Balaban J connectivity index is 2.57. The van der Waals surface area contributed by atoms with E-state index in [1.807, 2.05) is 32.0 Å². The molecule has 0 aliphatic carbocycles. The minimum absolute atomic E-state index is 0.240. The van der Waals surface area contributed by atoms with Crippen LogP contribution >= 0.6 is 26.9 Å². The van der Waals surface area contributed by atoms with Gasteiger partial charge in [-0.3, -0.25) is 0 Å². The van der Waals surface area contributed by atoms with Gasteiger partial charge in [0, 0.05) is 0 Å². The lowest BCUT2D eigenvalue weighted by molar-refractivity contribution is 0.617. The Morgan fingerprint density at radius 1 is 1.43 bits per heavy atom. The average Bonchev–Trinajstić information content (AvgIpc) is 2.16. The predicted molar refractivity (Wildman–Crippen MR) is 67.1 cm³/mol. The molecule has 0 amide bonds. The molecule has 1 aromatic carbocycles. The quantitative estimate of drug-likeness (QED) is 0.650. The number of hydrogen-bond acceptors (Lipinski definition) is 2. The molecule has 2 unspecified atom stereocenters. The molecule has 0 spiro atoms. The third-order valence-corrected chi connectivity index (χ3v) is 3.25. The van der Waals surface area contributed by atoms with Crippen molar-refractivity contribution in [1.82, 2.24) is 4.86 Å². The van der Waals surface area contributed by atoms with Gasteiger partial charge >= 0.3 is 0 Å². The van der Waals surface area contributed by atoms with Crippen LogP contribution < -0.4 is 9.38 Å². The molecular weight excluding hydrogens is 233 g/mol. The maximum atomic E-state index is 5.61. The van der Waals surface area contributed by atoms with Crippen molar-refractivity contribution in [3.8, 4) is 5.75 Å². The number of nitrogens with zero attached hydrogens (tertiary/aromatic N) is 1. The van der Waals surface area contributed by atoms with Crippen LogP contribution in [-0.4, -0.2) is 0 Å². The van der Waals surface area contributed by atoms with Crippen LogP contribution in [0.15, 0.2) is 22.7 Å². The highest BCUT2D eigenvalue weighted by molar-refractivity contribution is 7.46. The molecule has 0 aliphatic rings. The molecule has 0 aromatic heterocycles. The molecule has 0 saturated carbocycles. The second-order valence-corrected chi connectivity index (χ2v) is 5.18. The van der Waals surface area contributed by atoms with Crippen molar-refractivity contribution in [2.45, 2.75) is 13.8 Å². The van der Waals surface area contributed by atoms with Crippen molar-refractivity contribution in [1.29, 1.82) is 0 Å². The molecule has 0 heterocycles. The number of para-hydroxylation sites is 1. The smallest absolute Gasteiger partial charge is 0.155 e. The van der Waals surface area contributed by atoms with E-state index in [0.717, 1.165) is 14.3 Å². The summed E-state index contributed by atoms with van der Waals surface area (Å²) >= 11 is 0. The number of hydrogen-bond donors (Lipinski definition) is 1. The van der Waals surface area contributed by atoms with Crippen LogP contribution in [0.5, 0.6) is 5.75 Å². The largest absolute Gasteiger partial charge is 0.460 e. The first kappa shape index (κ1) is 12.0. The Kier molecular flexibility index (Phi) is 5.52. The van der Waals surface area contributed by atoms with E-state index in [-0.39, 0.29) is 8.96 Å². The van der Waals surface area contributed by atoms with Gasteiger partial charge in [-0.2, -0.15) is 0 Å². The number of benzene rings is 1. The zero-order valence-corrected chi connectivity index (χ0v) is 11.2. The highest BCUT2D eigenvalue weighted by Gasteiger charge is 2.01. The molecule has 0 aliphatic heterocycles. The molecule has 1 rings (SSSR count). The number of rotatable bonds is 4. The third kappa shape index (κ3) is 3.59. The van der Waals surface area contributed by atoms with Gasteiger partial charge in [0.15, 0.2) is 8.96 Å². The summed E-state index contributed by atoms with van der Waals surface area (Å²) in [5, 5.41) is 0. The fourth-order valence-corrected chi connectivity index (χ4v) is 2.60. The summed E-state index contributed by atoms with van der Waals surface area (Å²) in [4.78, 5) is 3.03. The third-order valence-electron chi connectivity index (χ3n) is 1.72. The lowest BCUT2D eigenvalue weighted by Crippen LogP contribution is -1.91. The molecule has 0 radical (unpaired) electrons. The fraction of sp³-hybridized carbons (Fsp3) is 0.250. The monoisotopic (exact) mass is 246 g/mol. The molecule has 6 heteroatoms. The summed E-state index contributed by atoms with van der Waals surface area (Å²) in [5.41, 5.74) is 2.33. The van der Waals surface area contributed by atoms with Crippen molar-refractivity contribution in [3.05, 3.63) is 29.3 Å². The predicted octanol–water partition coefficient (Wildman–Crippen LogP) is 3.62. The maximum absolute atomic E-state index is 5.61. The van der Waals surface area contributed by atoms with Crippen LogP contribution in [0, 0.1) is 13.8 Å². The highest BCUT2D eigenvalue weighted by atomic mass is 31.1. The van der Waals surface area contributed by atoms with Gasteiger partial charge in [-0.25, -0.2) is 9.37 Å². The lowest BCUT2D eigenvalue weighted by atomic mass is 10.1. The summed E-state index contributed by atoms with van der Waals surface area (Å²) in [7, 11) is 3.36. The van der Waals surface area contributed by atoms with Crippen molar-refractivity contribution < 1.29 is 4.52 Å². The summed E-state index contributed by atoms with van der Waals surface area (Å²) in [6.07, 6.45) is 0. The lowest BCUT2D eigenvalue weighted by Gasteiger charge is -2.09. The van der Waals surface area contributed by atoms with E-state index in [4.69, 9.17) is 4.52 Å². The van der Waals surface area contributed by atoms with E-state index in [9.17, 15) is 0 Å². The Labute approximate surface area is 90.1 Å². The van der Waals surface area contributed by atoms with Crippen molar-refractivity contribution in [2.75, 3.05) is 0 Å².